The maximum atomic E-state index is 13.0. The SMILES string of the molecule is C#CC(C)(C)C.C=C/C=C\C(C)(C)C.C=CC(C)(C)C.CC.CC(C)(C)C.CC(C)(C)C1SCC2NC(=O)NC21.CC=CC(C)(C)C.COC(=O)c1ccc(C(=O)C(C)(C)C)cc1P(c1ccccc1)c1ccccc1. The van der Waals surface area contributed by atoms with Crippen molar-refractivity contribution in [3.05, 3.63) is 140 Å². The van der Waals surface area contributed by atoms with Crippen molar-refractivity contribution in [2.24, 2.45) is 37.9 Å². The van der Waals surface area contributed by atoms with E-state index >= 15 is 0 Å². The largest absolute Gasteiger partial charge is 0.465 e. The number of carbonyl (C=O) groups excluding carboxylic acids is 3. The molecule has 0 aromatic heterocycles. The van der Waals surface area contributed by atoms with Gasteiger partial charge in [-0.15, -0.1) is 18.9 Å². The van der Waals surface area contributed by atoms with Gasteiger partial charge < -0.3 is 15.4 Å². The minimum atomic E-state index is -1.03. The molecule has 2 heterocycles. The Hall–Kier alpha value is -4.63. The zero-order chi connectivity index (χ0) is 60.1. The van der Waals surface area contributed by atoms with Crippen molar-refractivity contribution in [3.8, 4) is 12.3 Å². The third-order valence-electron chi connectivity index (χ3n) is 9.74. The van der Waals surface area contributed by atoms with Gasteiger partial charge in [-0.05, 0) is 85.4 Å². The van der Waals surface area contributed by atoms with Crippen LogP contribution in [0.4, 0.5) is 4.79 Å². The number of Topliss-reactive ketones (excluding diaryl/α,β-unsaturated/α-hetero) is 1. The van der Waals surface area contributed by atoms with Crippen LogP contribution in [0.3, 0.4) is 0 Å². The molecule has 3 aromatic carbocycles. The molecule has 3 aromatic rings. The molecule has 5 rings (SSSR count). The van der Waals surface area contributed by atoms with E-state index in [0.717, 1.165) is 21.7 Å². The van der Waals surface area contributed by atoms with Crippen molar-refractivity contribution < 1.29 is 19.1 Å². The zero-order valence-corrected chi connectivity index (χ0v) is 54.6. The first kappa shape index (κ1) is 75.6. The van der Waals surface area contributed by atoms with Gasteiger partial charge >= 0.3 is 12.0 Å². The lowest BCUT2D eigenvalue weighted by atomic mass is 9.86. The highest BCUT2D eigenvalue weighted by molar-refractivity contribution is 8.00. The van der Waals surface area contributed by atoms with Gasteiger partial charge in [-0.25, -0.2) is 9.59 Å². The van der Waals surface area contributed by atoms with Gasteiger partial charge in [0.15, 0.2) is 5.78 Å². The Balaban J connectivity index is -0.000000938. The summed E-state index contributed by atoms with van der Waals surface area (Å²) in [6.45, 7) is 59.9. The van der Waals surface area contributed by atoms with Gasteiger partial charge in [0.2, 0.25) is 0 Å². The van der Waals surface area contributed by atoms with Crippen molar-refractivity contribution in [1.29, 1.82) is 0 Å². The highest BCUT2D eigenvalue weighted by Crippen LogP contribution is 2.41. The van der Waals surface area contributed by atoms with Crippen LogP contribution in [0, 0.1) is 50.2 Å². The molecule has 0 saturated carbocycles. The van der Waals surface area contributed by atoms with Gasteiger partial charge in [-0.3, -0.25) is 4.79 Å². The molecule has 0 aliphatic carbocycles. The van der Waals surface area contributed by atoms with E-state index in [-0.39, 0.29) is 22.6 Å². The van der Waals surface area contributed by atoms with E-state index in [1.165, 1.54) is 7.11 Å². The van der Waals surface area contributed by atoms with E-state index in [4.69, 9.17) is 11.2 Å². The number of ketones is 1. The summed E-state index contributed by atoms with van der Waals surface area (Å²) in [5.41, 5.74) is 2.41. The number of hydrogen-bond acceptors (Lipinski definition) is 5. The third-order valence-corrected chi connectivity index (χ3v) is 14.1. The van der Waals surface area contributed by atoms with Gasteiger partial charge in [0, 0.05) is 32.7 Å². The van der Waals surface area contributed by atoms with Gasteiger partial charge in [-0.1, -0.05) is 255 Å². The lowest BCUT2D eigenvalue weighted by Gasteiger charge is -2.30. The molecule has 3 unspecified atom stereocenters. The molecule has 8 heteroatoms. The Labute approximate surface area is 473 Å². The number of allylic oxidation sites excluding steroid dienone is 6. The van der Waals surface area contributed by atoms with Crippen LogP contribution in [0.25, 0.3) is 0 Å². The van der Waals surface area contributed by atoms with Crippen LogP contribution in [0.2, 0.25) is 0 Å². The van der Waals surface area contributed by atoms with Crippen LogP contribution in [0.1, 0.15) is 194 Å². The molecule has 3 atom stereocenters. The zero-order valence-electron chi connectivity index (χ0n) is 52.9. The monoisotopic (exact) mass is 1080 g/mol. The molecule has 0 spiro atoms. The first-order valence-electron chi connectivity index (χ1n) is 27.0. The normalized spacial score (nSPS) is 16.0. The van der Waals surface area contributed by atoms with Crippen LogP contribution in [0.5, 0.6) is 0 Å². The number of methoxy groups -OCH3 is 1. The summed E-state index contributed by atoms with van der Waals surface area (Å²) in [4.78, 5) is 36.6. The topological polar surface area (TPSA) is 84.5 Å². The number of benzene rings is 3. The second kappa shape index (κ2) is 35.0. The molecule has 6 nitrogen and oxygen atoms in total. The molecule has 2 saturated heterocycles. The fourth-order valence-electron chi connectivity index (χ4n) is 6.10. The summed E-state index contributed by atoms with van der Waals surface area (Å²) in [5.74, 6) is 3.30. The van der Waals surface area contributed by atoms with Crippen molar-refractivity contribution in [2.75, 3.05) is 12.9 Å². The summed E-state index contributed by atoms with van der Waals surface area (Å²) in [7, 11) is 0.348. The van der Waals surface area contributed by atoms with Crippen LogP contribution in [-0.4, -0.2) is 48.0 Å². The Morgan fingerprint density at radius 1 is 0.697 bits per heavy atom. The van der Waals surface area contributed by atoms with Gasteiger partial charge in [0.1, 0.15) is 0 Å². The number of terminal acetylenes is 1. The quantitative estimate of drug-likeness (QED) is 0.0489. The van der Waals surface area contributed by atoms with E-state index in [1.807, 2.05) is 129 Å². The average molecular weight is 1080 g/mol. The number of hydrogen-bond donors (Lipinski definition) is 2. The van der Waals surface area contributed by atoms with E-state index < -0.39 is 19.3 Å². The van der Waals surface area contributed by atoms with Crippen LogP contribution in [-0.2, 0) is 4.74 Å². The van der Waals surface area contributed by atoms with E-state index in [9.17, 15) is 14.4 Å². The number of rotatable bonds is 6. The second-order valence-corrected chi connectivity index (χ2v) is 29.8. The summed E-state index contributed by atoms with van der Waals surface area (Å²) < 4.78 is 5.05. The highest BCUT2D eigenvalue weighted by atomic mass is 32.2. The Bertz CT molecular complexity index is 2200. The van der Waals surface area contributed by atoms with Gasteiger partial charge in [-0.2, -0.15) is 11.8 Å². The summed E-state index contributed by atoms with van der Waals surface area (Å²) in [6, 6.07) is 26.2. The van der Waals surface area contributed by atoms with Gasteiger partial charge in [0.25, 0.3) is 0 Å². The minimum absolute atomic E-state index is 0.00421. The van der Waals surface area contributed by atoms with Crippen LogP contribution >= 0.6 is 19.7 Å². The maximum absolute atomic E-state index is 13.0. The van der Waals surface area contributed by atoms with Crippen molar-refractivity contribution in [2.45, 2.75) is 190 Å². The Morgan fingerprint density at radius 3 is 1.41 bits per heavy atom. The second-order valence-electron chi connectivity index (χ2n) is 26.5. The lowest BCUT2D eigenvalue weighted by molar-refractivity contribution is 0.0601. The fourth-order valence-corrected chi connectivity index (χ4v) is 10.2. The molecule has 2 aliphatic rings. The molecular formula is C68H109N2O4PS. The molecular weight excluding hydrogens is 972 g/mol. The number of ether oxygens (including phenoxy) is 1. The number of esters is 1. The summed E-state index contributed by atoms with van der Waals surface area (Å²) in [6.07, 6.45) is 17.2. The van der Waals surface area contributed by atoms with Gasteiger partial charge in [0.05, 0.1) is 24.8 Å². The molecule has 0 radical (unpaired) electrons. The maximum Gasteiger partial charge on any atom is 0.338 e. The first-order valence-corrected chi connectivity index (χ1v) is 29.4. The predicted octanol–water partition coefficient (Wildman–Crippen LogP) is 18.0. The summed E-state index contributed by atoms with van der Waals surface area (Å²) in [5, 5.41) is 9.54. The van der Waals surface area contributed by atoms with Crippen LogP contribution in [0.15, 0.2) is 128 Å². The highest BCUT2D eigenvalue weighted by Gasteiger charge is 2.47. The van der Waals surface area contributed by atoms with E-state index in [1.54, 1.807) is 18.2 Å². The van der Waals surface area contributed by atoms with E-state index in [2.05, 4.69) is 183 Å². The molecule has 76 heavy (non-hydrogen) atoms. The minimum Gasteiger partial charge on any atom is -0.465 e. The standard InChI is InChI=1S/C25H25O3P.C9H16N2OS.C8H14.C7H14.C6H12.C6H10.C5H12.C2H6/c1-25(2,3)23(26)18-15-16-21(24(27)28-4)22(17-18)29(19-11-7-5-8-12-19)20-13-9-6-10-14-20;1-9(2,3)7-6-5(4-13-7)10-8(12)11-6;1-5-6-7-8(2,3)4;1-5-6-7(2,3)4;2*1-5-6(2,3)4;1-5(2,3)4;1-2/h5-17H,1-4H3;5-7H,4H2,1-3H3,(H2,10,11,12);5-7H,1H2,2-4H3;5-6H,1-4H3;5H,1H2,2-4H3;1H,2-4H3;1-4H3;1-2H3/b;;7-6-;;;;;. The third kappa shape index (κ3) is 36.4. The number of amides is 2. The Morgan fingerprint density at radius 2 is 1.12 bits per heavy atom. The van der Waals surface area contributed by atoms with E-state index in [0.29, 0.717) is 50.1 Å². The molecule has 2 fully saturated rings. The predicted molar refractivity (Wildman–Crippen MR) is 343 cm³/mol. The Kier molecular flexibility index (Phi) is 34.8. The number of thioether (sulfide) groups is 1. The van der Waals surface area contributed by atoms with Crippen molar-refractivity contribution >= 4 is 53.4 Å². The molecule has 0 bridgehead atoms. The van der Waals surface area contributed by atoms with Crippen molar-refractivity contribution in [1.82, 2.24) is 10.6 Å². The number of carbonyl (C=O) groups is 3. The molecule has 2 aliphatic heterocycles. The smallest absolute Gasteiger partial charge is 0.338 e. The number of urea groups is 1. The molecule has 2 N–H and O–H groups in total. The number of fused-ring (bicyclic) bond motifs is 1. The first-order chi connectivity index (χ1) is 34.5. The van der Waals surface area contributed by atoms with Crippen molar-refractivity contribution in [3.63, 3.8) is 0 Å². The molecule has 2 amide bonds. The number of nitrogens with one attached hydrogen (secondary N) is 2. The molecule has 426 valence electrons. The van der Waals surface area contributed by atoms with Crippen LogP contribution < -0.4 is 26.5 Å². The fraction of sp³-hybridized carbons (Fsp3) is 0.544. The average Bonchev–Trinajstić information content (AvgIpc) is 3.87. The lowest BCUT2D eigenvalue weighted by Crippen LogP contribution is -2.42. The summed E-state index contributed by atoms with van der Waals surface area (Å²) >= 11 is 1.97.